The van der Waals surface area contributed by atoms with Gasteiger partial charge in [0, 0.05) is 10.6 Å². The van der Waals surface area contributed by atoms with Crippen LogP contribution < -0.4 is 15.4 Å². The lowest BCUT2D eigenvalue weighted by Crippen LogP contribution is -2.20. The molecule has 2 aromatic rings. The second-order valence-corrected chi connectivity index (χ2v) is 7.12. The molecular weight excluding hydrogens is 406 g/mol. The summed E-state index contributed by atoms with van der Waals surface area (Å²) in [5.41, 5.74) is 1.69. The summed E-state index contributed by atoms with van der Waals surface area (Å²) < 4.78 is 33.6. The molecule has 26 heavy (non-hydrogen) atoms. The van der Waals surface area contributed by atoms with Crippen LogP contribution in [0.15, 0.2) is 18.2 Å². The van der Waals surface area contributed by atoms with Gasteiger partial charge in [0.15, 0.2) is 5.11 Å². The number of thiophene rings is 1. The van der Waals surface area contributed by atoms with Crippen molar-refractivity contribution in [2.75, 3.05) is 17.7 Å². The lowest BCUT2D eigenvalue weighted by atomic mass is 10.1. The Hall–Kier alpha value is -1.97. The smallest absolute Gasteiger partial charge is 0.387 e. The quantitative estimate of drug-likeness (QED) is 0.511. The molecule has 0 aliphatic heterocycles. The first-order chi connectivity index (χ1) is 12.2. The molecule has 1 aromatic carbocycles. The van der Waals surface area contributed by atoms with E-state index in [1.54, 1.807) is 0 Å². The fourth-order valence-electron chi connectivity index (χ4n) is 2.10. The molecule has 2 N–H and O–H groups in total. The molecule has 0 unspecified atom stereocenters. The highest BCUT2D eigenvalue weighted by atomic mass is 35.5. The van der Waals surface area contributed by atoms with Crippen molar-refractivity contribution in [3.63, 3.8) is 0 Å². The number of alkyl halides is 2. The molecule has 5 nitrogen and oxygen atoms in total. The molecule has 2 rings (SSSR count). The van der Waals surface area contributed by atoms with Gasteiger partial charge in [-0.2, -0.15) is 8.78 Å². The van der Waals surface area contributed by atoms with E-state index in [4.69, 9.17) is 28.6 Å². The number of ether oxygens (including phenoxy) is 2. The van der Waals surface area contributed by atoms with Gasteiger partial charge in [0.25, 0.3) is 0 Å². The number of methoxy groups -OCH3 is 1. The molecule has 0 saturated carbocycles. The molecule has 1 aromatic heterocycles. The monoisotopic (exact) mass is 420 g/mol. The van der Waals surface area contributed by atoms with Gasteiger partial charge in [0.2, 0.25) is 0 Å². The van der Waals surface area contributed by atoms with E-state index in [9.17, 15) is 13.6 Å². The molecule has 0 saturated heterocycles. The highest BCUT2D eigenvalue weighted by Gasteiger charge is 2.21. The Balaban J connectivity index is 2.14. The van der Waals surface area contributed by atoms with E-state index < -0.39 is 12.6 Å². The third kappa shape index (κ3) is 4.80. The zero-order valence-electron chi connectivity index (χ0n) is 14.0. The SMILES string of the molecule is COC(=O)c1c(NC(=S)Nc2ccc(OC(F)F)c(Cl)c2)sc(C)c1C. The molecule has 10 heteroatoms. The average molecular weight is 421 g/mol. The lowest BCUT2D eigenvalue weighted by Gasteiger charge is -2.12. The van der Waals surface area contributed by atoms with Crippen LogP contribution in [0.5, 0.6) is 5.75 Å². The van der Waals surface area contributed by atoms with Crippen LogP contribution in [0, 0.1) is 13.8 Å². The van der Waals surface area contributed by atoms with E-state index in [0.717, 1.165) is 10.4 Å². The Morgan fingerprint density at radius 2 is 2.00 bits per heavy atom. The van der Waals surface area contributed by atoms with Crippen molar-refractivity contribution in [2.24, 2.45) is 0 Å². The summed E-state index contributed by atoms with van der Waals surface area (Å²) in [6.45, 7) is 0.743. The number of esters is 1. The summed E-state index contributed by atoms with van der Waals surface area (Å²) in [4.78, 5) is 12.9. The molecule has 0 aliphatic rings. The summed E-state index contributed by atoms with van der Waals surface area (Å²) >= 11 is 12.5. The highest BCUT2D eigenvalue weighted by Crippen LogP contribution is 2.33. The number of carbonyl (C=O) groups excluding carboxylic acids is 1. The van der Waals surface area contributed by atoms with E-state index in [1.807, 2.05) is 13.8 Å². The first-order valence-corrected chi connectivity index (χ1v) is 8.83. The van der Waals surface area contributed by atoms with Crippen molar-refractivity contribution in [3.05, 3.63) is 39.2 Å². The van der Waals surface area contributed by atoms with Gasteiger partial charge in [-0.3, -0.25) is 0 Å². The van der Waals surface area contributed by atoms with Crippen LogP contribution in [0.2, 0.25) is 5.02 Å². The van der Waals surface area contributed by atoms with Crippen LogP contribution in [0.1, 0.15) is 20.8 Å². The third-order valence-electron chi connectivity index (χ3n) is 3.41. The van der Waals surface area contributed by atoms with Crippen molar-refractivity contribution < 1.29 is 23.0 Å². The van der Waals surface area contributed by atoms with E-state index in [0.29, 0.717) is 16.3 Å². The third-order valence-corrected chi connectivity index (χ3v) is 5.03. The number of aryl methyl sites for hydroxylation is 1. The fourth-order valence-corrected chi connectivity index (χ4v) is 3.66. The number of halogens is 3. The Labute approximate surface area is 163 Å². The van der Waals surface area contributed by atoms with Crippen molar-refractivity contribution in [3.8, 4) is 5.75 Å². The number of nitrogens with one attached hydrogen (secondary N) is 2. The Kier molecular flexibility index (Phi) is 6.74. The van der Waals surface area contributed by atoms with E-state index in [-0.39, 0.29) is 15.9 Å². The maximum atomic E-state index is 12.3. The second-order valence-electron chi connectivity index (χ2n) is 5.08. The molecule has 0 aliphatic carbocycles. The predicted molar refractivity (Wildman–Crippen MR) is 103 cm³/mol. The van der Waals surface area contributed by atoms with Gasteiger partial charge in [-0.05, 0) is 49.8 Å². The number of hydrogen-bond acceptors (Lipinski definition) is 5. The first-order valence-electron chi connectivity index (χ1n) is 7.23. The van der Waals surface area contributed by atoms with Crippen LogP contribution in [-0.2, 0) is 4.74 Å². The van der Waals surface area contributed by atoms with Gasteiger partial charge in [0.05, 0.1) is 17.7 Å². The summed E-state index contributed by atoms with van der Waals surface area (Å²) in [7, 11) is 1.31. The number of thiocarbonyl (C=S) groups is 1. The number of benzene rings is 1. The normalized spacial score (nSPS) is 10.6. The predicted octanol–water partition coefficient (Wildman–Crippen LogP) is 5.22. The number of rotatable bonds is 5. The molecule has 0 amide bonds. The van der Waals surface area contributed by atoms with Crippen molar-refractivity contribution in [1.82, 2.24) is 0 Å². The number of carbonyl (C=O) groups is 1. The Morgan fingerprint density at radius 1 is 1.31 bits per heavy atom. The van der Waals surface area contributed by atoms with Crippen LogP contribution in [0.3, 0.4) is 0 Å². The van der Waals surface area contributed by atoms with Gasteiger partial charge in [-0.1, -0.05) is 11.6 Å². The Morgan fingerprint density at radius 3 is 2.58 bits per heavy atom. The molecule has 1 heterocycles. The molecule has 0 bridgehead atoms. The van der Waals surface area contributed by atoms with Crippen molar-refractivity contribution >= 4 is 56.9 Å². The van der Waals surface area contributed by atoms with Gasteiger partial charge in [-0.15, -0.1) is 11.3 Å². The van der Waals surface area contributed by atoms with Gasteiger partial charge in [0.1, 0.15) is 10.8 Å². The maximum absolute atomic E-state index is 12.3. The Bertz CT molecular complexity index is 843. The van der Waals surface area contributed by atoms with E-state index in [2.05, 4.69) is 15.4 Å². The number of hydrogen-bond donors (Lipinski definition) is 2. The topological polar surface area (TPSA) is 59.6 Å². The summed E-state index contributed by atoms with van der Waals surface area (Å²) in [5.74, 6) is -0.600. The minimum Gasteiger partial charge on any atom is -0.465 e. The van der Waals surface area contributed by atoms with Crippen LogP contribution in [0.25, 0.3) is 0 Å². The standard InChI is InChI=1S/C16H15ClF2N2O3S2/c1-7-8(2)26-13(12(7)14(22)23-3)21-16(25)20-9-4-5-11(10(17)6-9)24-15(18)19/h4-6,15H,1-3H3,(H2,20,21,25). The number of anilines is 2. The summed E-state index contributed by atoms with van der Waals surface area (Å²) in [6, 6.07) is 4.20. The van der Waals surface area contributed by atoms with Crippen LogP contribution in [-0.4, -0.2) is 24.8 Å². The molecule has 0 radical (unpaired) electrons. The van der Waals surface area contributed by atoms with E-state index in [1.165, 1.54) is 36.6 Å². The van der Waals surface area contributed by atoms with Gasteiger partial charge >= 0.3 is 12.6 Å². The average Bonchev–Trinajstić information content (AvgIpc) is 2.83. The molecule has 0 atom stereocenters. The van der Waals surface area contributed by atoms with E-state index >= 15 is 0 Å². The summed E-state index contributed by atoms with van der Waals surface area (Å²) in [5, 5.41) is 6.58. The maximum Gasteiger partial charge on any atom is 0.387 e. The minimum absolute atomic E-state index is 0.0103. The molecule has 140 valence electrons. The van der Waals surface area contributed by atoms with Crippen LogP contribution >= 0.6 is 35.2 Å². The lowest BCUT2D eigenvalue weighted by molar-refractivity contribution is -0.0497. The molecule has 0 spiro atoms. The molecule has 0 fully saturated rings. The second kappa shape index (κ2) is 8.61. The largest absolute Gasteiger partial charge is 0.465 e. The minimum atomic E-state index is -2.96. The first kappa shape index (κ1) is 20.3. The van der Waals surface area contributed by atoms with Gasteiger partial charge in [-0.25, -0.2) is 4.79 Å². The van der Waals surface area contributed by atoms with Crippen molar-refractivity contribution in [1.29, 1.82) is 0 Å². The summed E-state index contributed by atoms with van der Waals surface area (Å²) in [6.07, 6.45) is 0. The molecular formula is C16H15ClF2N2O3S2. The zero-order chi connectivity index (χ0) is 19.4. The fraction of sp³-hybridized carbons (Fsp3) is 0.250. The highest BCUT2D eigenvalue weighted by molar-refractivity contribution is 7.80. The van der Waals surface area contributed by atoms with Gasteiger partial charge < -0.3 is 20.1 Å². The van der Waals surface area contributed by atoms with Crippen LogP contribution in [0.4, 0.5) is 19.5 Å². The zero-order valence-corrected chi connectivity index (χ0v) is 16.4. The van der Waals surface area contributed by atoms with Crippen molar-refractivity contribution in [2.45, 2.75) is 20.5 Å².